The van der Waals surface area contributed by atoms with Gasteiger partial charge in [0, 0.05) is 38.6 Å². The van der Waals surface area contributed by atoms with Gasteiger partial charge < -0.3 is 4.90 Å². The fourth-order valence-corrected chi connectivity index (χ4v) is 5.82. The largest absolute Gasteiger partial charge is 0.327 e. The van der Waals surface area contributed by atoms with E-state index in [1.165, 1.54) is 15.4 Å². The minimum absolute atomic E-state index is 0.111. The van der Waals surface area contributed by atoms with Crippen LogP contribution in [0.1, 0.15) is 26.2 Å². The average Bonchev–Trinajstić information content (AvgIpc) is 3.11. The number of amides is 3. The third kappa shape index (κ3) is 2.52. The van der Waals surface area contributed by atoms with E-state index in [2.05, 4.69) is 4.98 Å². The van der Waals surface area contributed by atoms with Crippen molar-refractivity contribution >= 4 is 22.0 Å². The first-order valence-corrected chi connectivity index (χ1v) is 10.3. The number of carbonyl (C=O) groups is 2. The molecule has 3 saturated heterocycles. The standard InChI is InChI=1S/C17H22N4O4S/c1-2-20-15(22)14-10-17(12-21(14)16(20)23)5-8-19(9-6-17)26(24,25)13-4-3-7-18-11-13/h3-4,7,11,14H,2,5-6,8-10,12H2,1H3/t14-/m0/s1. The van der Waals surface area contributed by atoms with E-state index in [9.17, 15) is 18.0 Å². The summed E-state index contributed by atoms with van der Waals surface area (Å²) in [5.74, 6) is -0.111. The highest BCUT2D eigenvalue weighted by atomic mass is 32.2. The van der Waals surface area contributed by atoms with Crippen molar-refractivity contribution in [1.82, 2.24) is 19.1 Å². The Morgan fingerprint density at radius 1 is 1.27 bits per heavy atom. The Balaban J connectivity index is 1.47. The van der Waals surface area contributed by atoms with Crippen LogP contribution in [0.25, 0.3) is 0 Å². The second-order valence-electron chi connectivity index (χ2n) is 7.31. The van der Waals surface area contributed by atoms with Crippen molar-refractivity contribution in [2.75, 3.05) is 26.2 Å². The van der Waals surface area contributed by atoms with Gasteiger partial charge in [0.2, 0.25) is 10.0 Å². The number of hydrogen-bond acceptors (Lipinski definition) is 5. The molecule has 3 aliphatic rings. The molecule has 0 unspecified atom stereocenters. The van der Waals surface area contributed by atoms with Gasteiger partial charge in [0.25, 0.3) is 5.91 Å². The molecule has 3 aliphatic heterocycles. The maximum Gasteiger partial charge on any atom is 0.327 e. The highest BCUT2D eigenvalue weighted by Crippen LogP contribution is 2.46. The minimum atomic E-state index is -3.55. The lowest BCUT2D eigenvalue weighted by Crippen LogP contribution is -2.45. The van der Waals surface area contributed by atoms with Crippen LogP contribution in [-0.2, 0) is 14.8 Å². The summed E-state index contributed by atoms with van der Waals surface area (Å²) in [6.45, 7) is 3.54. The summed E-state index contributed by atoms with van der Waals surface area (Å²) in [7, 11) is -3.55. The number of piperidine rings is 1. The molecule has 0 saturated carbocycles. The van der Waals surface area contributed by atoms with Gasteiger partial charge in [-0.1, -0.05) is 0 Å². The monoisotopic (exact) mass is 378 g/mol. The number of likely N-dealkylation sites (N-methyl/N-ethyl adjacent to an activating group) is 1. The summed E-state index contributed by atoms with van der Waals surface area (Å²) >= 11 is 0. The molecule has 26 heavy (non-hydrogen) atoms. The zero-order valence-corrected chi connectivity index (χ0v) is 15.5. The van der Waals surface area contributed by atoms with Gasteiger partial charge in [0.15, 0.2) is 0 Å². The number of hydrogen-bond donors (Lipinski definition) is 0. The smallest absolute Gasteiger partial charge is 0.312 e. The molecular formula is C17H22N4O4S. The van der Waals surface area contributed by atoms with E-state index in [0.29, 0.717) is 45.4 Å². The summed E-state index contributed by atoms with van der Waals surface area (Å²) in [6, 6.07) is 2.59. The number of carbonyl (C=O) groups excluding carboxylic acids is 2. The van der Waals surface area contributed by atoms with Crippen LogP contribution in [0.3, 0.4) is 0 Å². The molecule has 0 N–H and O–H groups in total. The van der Waals surface area contributed by atoms with Crippen LogP contribution in [0.2, 0.25) is 0 Å². The number of fused-ring (bicyclic) bond motifs is 1. The van der Waals surface area contributed by atoms with Crippen LogP contribution in [-0.4, -0.2) is 71.7 Å². The summed E-state index contributed by atoms with van der Waals surface area (Å²) in [6.07, 6.45) is 4.86. The number of aromatic nitrogens is 1. The Bertz CT molecular complexity index is 808. The summed E-state index contributed by atoms with van der Waals surface area (Å²) < 4.78 is 27.0. The third-order valence-electron chi connectivity index (χ3n) is 5.91. The van der Waals surface area contributed by atoms with Gasteiger partial charge >= 0.3 is 6.03 Å². The van der Waals surface area contributed by atoms with Crippen molar-refractivity contribution in [2.24, 2.45) is 5.41 Å². The van der Waals surface area contributed by atoms with E-state index < -0.39 is 10.0 Å². The van der Waals surface area contributed by atoms with Crippen molar-refractivity contribution in [1.29, 1.82) is 0 Å². The van der Waals surface area contributed by atoms with E-state index in [0.717, 1.165) is 0 Å². The fourth-order valence-electron chi connectivity index (χ4n) is 4.41. The zero-order chi connectivity index (χ0) is 18.5. The molecule has 0 bridgehead atoms. The average molecular weight is 378 g/mol. The molecule has 3 fully saturated rings. The molecule has 0 aliphatic carbocycles. The molecule has 3 amide bonds. The van der Waals surface area contributed by atoms with Crippen LogP contribution in [0.15, 0.2) is 29.4 Å². The molecule has 0 radical (unpaired) electrons. The molecule has 1 aromatic rings. The first-order chi connectivity index (χ1) is 12.4. The van der Waals surface area contributed by atoms with E-state index in [-0.39, 0.29) is 28.3 Å². The molecule has 9 heteroatoms. The van der Waals surface area contributed by atoms with Gasteiger partial charge in [-0.25, -0.2) is 13.2 Å². The number of urea groups is 1. The highest BCUT2D eigenvalue weighted by Gasteiger charge is 2.56. The molecule has 1 spiro atoms. The van der Waals surface area contributed by atoms with Crippen molar-refractivity contribution in [3.05, 3.63) is 24.5 Å². The van der Waals surface area contributed by atoms with Crippen LogP contribution in [0, 0.1) is 5.41 Å². The Morgan fingerprint density at radius 3 is 2.58 bits per heavy atom. The topological polar surface area (TPSA) is 90.9 Å². The number of rotatable bonds is 3. The molecular weight excluding hydrogens is 356 g/mol. The Morgan fingerprint density at radius 2 is 2.00 bits per heavy atom. The lowest BCUT2D eigenvalue weighted by molar-refractivity contribution is -0.128. The SMILES string of the molecule is CCN1C(=O)[C@@H]2CC3(CCN(S(=O)(=O)c4cccnc4)CC3)CN2C1=O. The molecule has 8 nitrogen and oxygen atoms in total. The van der Waals surface area contributed by atoms with Gasteiger partial charge in [0.1, 0.15) is 10.9 Å². The summed E-state index contributed by atoms with van der Waals surface area (Å²) in [4.78, 5) is 31.9. The number of imide groups is 1. The third-order valence-corrected chi connectivity index (χ3v) is 7.79. The number of sulfonamides is 1. The maximum absolute atomic E-state index is 12.7. The van der Waals surface area contributed by atoms with Gasteiger partial charge in [-0.05, 0) is 43.7 Å². The predicted molar refractivity (Wildman–Crippen MR) is 92.6 cm³/mol. The normalized spacial score (nSPS) is 26.0. The molecule has 0 aromatic carbocycles. The predicted octanol–water partition coefficient (Wildman–Crippen LogP) is 0.909. The number of nitrogens with zero attached hydrogens (tertiary/aromatic N) is 4. The molecule has 140 valence electrons. The Hall–Kier alpha value is -2.00. The number of pyridine rings is 1. The lowest BCUT2D eigenvalue weighted by Gasteiger charge is -2.38. The zero-order valence-electron chi connectivity index (χ0n) is 14.7. The fraction of sp³-hybridized carbons (Fsp3) is 0.588. The van der Waals surface area contributed by atoms with Gasteiger partial charge in [-0.2, -0.15) is 4.31 Å². The van der Waals surface area contributed by atoms with E-state index in [4.69, 9.17) is 0 Å². The van der Waals surface area contributed by atoms with Crippen molar-refractivity contribution in [3.8, 4) is 0 Å². The van der Waals surface area contributed by atoms with E-state index in [1.807, 2.05) is 0 Å². The van der Waals surface area contributed by atoms with Crippen molar-refractivity contribution < 1.29 is 18.0 Å². The van der Waals surface area contributed by atoms with Crippen molar-refractivity contribution in [2.45, 2.75) is 37.1 Å². The lowest BCUT2D eigenvalue weighted by atomic mass is 9.77. The minimum Gasteiger partial charge on any atom is -0.312 e. The van der Waals surface area contributed by atoms with Crippen LogP contribution < -0.4 is 0 Å². The van der Waals surface area contributed by atoms with Crippen LogP contribution in [0.5, 0.6) is 0 Å². The first-order valence-electron chi connectivity index (χ1n) is 8.90. The van der Waals surface area contributed by atoms with E-state index in [1.54, 1.807) is 30.2 Å². The van der Waals surface area contributed by atoms with Gasteiger partial charge in [0.05, 0.1) is 0 Å². The second kappa shape index (κ2) is 6.02. The van der Waals surface area contributed by atoms with Gasteiger partial charge in [-0.15, -0.1) is 0 Å². The first kappa shape index (κ1) is 17.4. The molecule has 1 atom stereocenters. The van der Waals surface area contributed by atoms with E-state index >= 15 is 0 Å². The molecule has 1 aromatic heterocycles. The Kier molecular flexibility index (Phi) is 4.03. The second-order valence-corrected chi connectivity index (χ2v) is 9.24. The summed E-state index contributed by atoms with van der Waals surface area (Å²) in [5, 5.41) is 0. The Labute approximate surface area is 152 Å². The maximum atomic E-state index is 12.7. The van der Waals surface area contributed by atoms with Crippen LogP contribution in [0.4, 0.5) is 4.79 Å². The van der Waals surface area contributed by atoms with Crippen LogP contribution >= 0.6 is 0 Å². The highest BCUT2D eigenvalue weighted by molar-refractivity contribution is 7.89. The van der Waals surface area contributed by atoms with Crippen molar-refractivity contribution in [3.63, 3.8) is 0 Å². The quantitative estimate of drug-likeness (QED) is 0.729. The molecule has 4 rings (SSSR count). The molecule has 4 heterocycles. The van der Waals surface area contributed by atoms with Gasteiger partial charge in [-0.3, -0.25) is 14.7 Å². The summed E-state index contributed by atoms with van der Waals surface area (Å²) in [5.41, 5.74) is -0.156.